The molecular weight excluding hydrogens is 453 g/mol. The van der Waals surface area contributed by atoms with Crippen molar-refractivity contribution in [1.82, 2.24) is 4.90 Å². The van der Waals surface area contributed by atoms with Crippen molar-refractivity contribution in [3.63, 3.8) is 0 Å². The molecule has 0 saturated carbocycles. The zero-order valence-electron chi connectivity index (χ0n) is 14.6. The summed E-state index contributed by atoms with van der Waals surface area (Å²) in [6.45, 7) is 0.164. The summed E-state index contributed by atoms with van der Waals surface area (Å²) in [6.07, 6.45) is 1.55. The molecule has 1 aliphatic rings. The zero-order valence-corrected chi connectivity index (χ0v) is 17.0. The normalized spacial score (nSPS) is 15.4. The maximum absolute atomic E-state index is 12.9. The van der Waals surface area contributed by atoms with Crippen molar-refractivity contribution in [2.75, 3.05) is 20.3 Å². The van der Waals surface area contributed by atoms with Crippen LogP contribution < -0.4 is 9.47 Å². The van der Waals surface area contributed by atoms with Crippen molar-refractivity contribution in [3.05, 3.63) is 57.2 Å². The summed E-state index contributed by atoms with van der Waals surface area (Å²) in [5.41, 5.74) is 0.592. The average molecular weight is 468 g/mol. The molecule has 0 aromatic heterocycles. The van der Waals surface area contributed by atoms with Crippen LogP contribution in [-0.2, 0) is 4.79 Å². The minimum Gasteiger partial charge on any atom is -0.503 e. The van der Waals surface area contributed by atoms with Gasteiger partial charge >= 0.3 is 0 Å². The van der Waals surface area contributed by atoms with E-state index in [4.69, 9.17) is 9.47 Å². The van der Waals surface area contributed by atoms with E-state index in [0.717, 1.165) is 16.7 Å². The van der Waals surface area contributed by atoms with Gasteiger partial charge in [0.1, 0.15) is 18.2 Å². The van der Waals surface area contributed by atoms with Crippen LogP contribution in [-0.4, -0.2) is 41.4 Å². The Hall–Kier alpha value is -2.52. The van der Waals surface area contributed by atoms with Crippen LogP contribution >= 0.6 is 27.7 Å². The van der Waals surface area contributed by atoms with Crippen molar-refractivity contribution in [1.29, 1.82) is 0 Å². The smallest absolute Gasteiger partial charge is 0.293 e. The number of rotatable bonds is 6. The van der Waals surface area contributed by atoms with Crippen molar-refractivity contribution < 1.29 is 28.6 Å². The number of imide groups is 1. The number of carbonyl (C=O) groups excluding carboxylic acids is 2. The molecule has 1 saturated heterocycles. The summed E-state index contributed by atoms with van der Waals surface area (Å²) in [5, 5.41) is 9.46. The number of hydrogen-bond acceptors (Lipinski definition) is 6. The second kappa shape index (κ2) is 8.66. The number of halogens is 2. The predicted molar refractivity (Wildman–Crippen MR) is 107 cm³/mol. The number of thioether (sulfide) groups is 1. The Labute approximate surface area is 173 Å². The van der Waals surface area contributed by atoms with E-state index in [1.54, 1.807) is 18.2 Å². The zero-order chi connectivity index (χ0) is 20.3. The highest BCUT2D eigenvalue weighted by Crippen LogP contribution is 2.38. The summed E-state index contributed by atoms with van der Waals surface area (Å²) in [6, 6.07) is 8.65. The standard InChI is InChI=1S/C19H15BrFNO5S/c1-26-15-9-11(8-14(20)17(15)23)10-16-18(24)22(19(25)28-16)6-7-27-13-4-2-12(21)3-5-13/h2-5,8-10,23H,6-7H2,1H3/b16-10-. The number of phenols is 1. The highest BCUT2D eigenvalue weighted by molar-refractivity contribution is 9.10. The molecule has 0 atom stereocenters. The molecule has 6 nitrogen and oxygen atoms in total. The van der Waals surface area contributed by atoms with Crippen LogP contribution in [0.4, 0.5) is 9.18 Å². The van der Waals surface area contributed by atoms with Gasteiger partial charge in [0.2, 0.25) is 0 Å². The minimum absolute atomic E-state index is 0.0503. The summed E-state index contributed by atoms with van der Waals surface area (Å²) < 4.78 is 23.8. The third-order valence-corrected chi connectivity index (χ3v) is 5.35. The number of phenolic OH excluding ortho intramolecular Hbond substituents is 1. The second-order valence-corrected chi connectivity index (χ2v) is 7.54. The van der Waals surface area contributed by atoms with Crippen LogP contribution in [0.25, 0.3) is 6.08 Å². The Morgan fingerprint density at radius 3 is 2.64 bits per heavy atom. The number of ether oxygens (including phenoxy) is 2. The Morgan fingerprint density at radius 1 is 1.25 bits per heavy atom. The Balaban J connectivity index is 1.68. The third kappa shape index (κ3) is 4.48. The summed E-state index contributed by atoms with van der Waals surface area (Å²) in [5.74, 6) is -0.162. The van der Waals surface area contributed by atoms with Gasteiger partial charge in [-0.1, -0.05) is 0 Å². The van der Waals surface area contributed by atoms with Crippen LogP contribution in [0, 0.1) is 5.82 Å². The van der Waals surface area contributed by atoms with E-state index < -0.39 is 11.1 Å². The number of nitrogens with zero attached hydrogens (tertiary/aromatic N) is 1. The maximum Gasteiger partial charge on any atom is 0.293 e. The minimum atomic E-state index is -0.430. The molecule has 0 unspecified atom stereocenters. The van der Waals surface area contributed by atoms with E-state index in [-0.39, 0.29) is 35.4 Å². The van der Waals surface area contributed by atoms with E-state index in [9.17, 15) is 19.1 Å². The second-order valence-electron chi connectivity index (χ2n) is 5.69. The first kappa shape index (κ1) is 20.2. The molecule has 0 spiro atoms. The Bertz CT molecular complexity index is 948. The van der Waals surface area contributed by atoms with Gasteiger partial charge in [-0.2, -0.15) is 0 Å². The molecule has 9 heteroatoms. The quantitative estimate of drug-likeness (QED) is 0.633. The molecule has 1 N–H and O–H groups in total. The van der Waals surface area contributed by atoms with Gasteiger partial charge < -0.3 is 14.6 Å². The number of benzene rings is 2. The molecule has 1 heterocycles. The molecule has 1 aliphatic heterocycles. The highest BCUT2D eigenvalue weighted by Gasteiger charge is 2.34. The van der Waals surface area contributed by atoms with E-state index in [1.165, 1.54) is 31.4 Å². The van der Waals surface area contributed by atoms with E-state index >= 15 is 0 Å². The molecule has 3 rings (SSSR count). The fourth-order valence-corrected chi connectivity index (χ4v) is 3.79. The monoisotopic (exact) mass is 467 g/mol. The Morgan fingerprint density at radius 2 is 1.96 bits per heavy atom. The van der Waals surface area contributed by atoms with Crippen LogP contribution in [0.15, 0.2) is 45.8 Å². The molecular formula is C19H15BrFNO5S. The average Bonchev–Trinajstić information content (AvgIpc) is 2.93. The lowest BCUT2D eigenvalue weighted by Gasteiger charge is -2.13. The highest BCUT2D eigenvalue weighted by atomic mass is 79.9. The molecule has 2 aromatic rings. The largest absolute Gasteiger partial charge is 0.503 e. The molecule has 2 amide bonds. The lowest BCUT2D eigenvalue weighted by atomic mass is 10.2. The van der Waals surface area contributed by atoms with Crippen molar-refractivity contribution in [3.8, 4) is 17.2 Å². The van der Waals surface area contributed by atoms with Gasteiger partial charge in [-0.25, -0.2) is 4.39 Å². The summed E-state index contributed by atoms with van der Waals surface area (Å²) in [7, 11) is 1.42. The molecule has 0 radical (unpaired) electrons. The third-order valence-electron chi connectivity index (χ3n) is 3.84. The number of hydrogen-bond donors (Lipinski definition) is 1. The molecule has 146 valence electrons. The van der Waals surface area contributed by atoms with E-state index in [2.05, 4.69) is 15.9 Å². The van der Waals surface area contributed by atoms with Gasteiger partial charge in [0.05, 0.1) is 23.0 Å². The van der Waals surface area contributed by atoms with Crippen LogP contribution in [0.5, 0.6) is 17.2 Å². The topological polar surface area (TPSA) is 76.1 Å². The first-order valence-corrected chi connectivity index (χ1v) is 9.70. The number of aromatic hydroxyl groups is 1. The lowest BCUT2D eigenvalue weighted by Crippen LogP contribution is -2.32. The van der Waals surface area contributed by atoms with Crippen LogP contribution in [0.2, 0.25) is 0 Å². The summed E-state index contributed by atoms with van der Waals surface area (Å²) in [4.78, 5) is 26.0. The molecule has 1 fully saturated rings. The molecule has 28 heavy (non-hydrogen) atoms. The predicted octanol–water partition coefficient (Wildman–Crippen LogP) is 4.42. The fourth-order valence-electron chi connectivity index (χ4n) is 2.46. The van der Waals surface area contributed by atoms with Crippen molar-refractivity contribution in [2.45, 2.75) is 0 Å². The maximum atomic E-state index is 12.9. The number of methoxy groups -OCH3 is 1. The number of carbonyl (C=O) groups is 2. The first-order chi connectivity index (χ1) is 13.4. The molecule has 2 aromatic carbocycles. The number of amides is 2. The Kier molecular flexibility index (Phi) is 6.25. The van der Waals surface area contributed by atoms with Gasteiger partial charge in [0, 0.05) is 0 Å². The fraction of sp³-hybridized carbons (Fsp3) is 0.158. The van der Waals surface area contributed by atoms with E-state index in [1.807, 2.05) is 0 Å². The van der Waals surface area contributed by atoms with Crippen molar-refractivity contribution >= 4 is 44.9 Å². The SMILES string of the molecule is COc1cc(/C=C2\SC(=O)N(CCOc3ccc(F)cc3)C2=O)cc(Br)c1O. The lowest BCUT2D eigenvalue weighted by molar-refractivity contribution is -0.123. The van der Waals surface area contributed by atoms with Gasteiger partial charge in [0.15, 0.2) is 11.5 Å². The van der Waals surface area contributed by atoms with Crippen molar-refractivity contribution in [2.24, 2.45) is 0 Å². The van der Waals surface area contributed by atoms with Gasteiger partial charge in [-0.05, 0) is 75.7 Å². The van der Waals surface area contributed by atoms with Crippen LogP contribution in [0.1, 0.15) is 5.56 Å². The van der Waals surface area contributed by atoms with Gasteiger partial charge in [0.25, 0.3) is 11.1 Å². The van der Waals surface area contributed by atoms with E-state index in [0.29, 0.717) is 15.8 Å². The van der Waals surface area contributed by atoms with Crippen LogP contribution in [0.3, 0.4) is 0 Å². The molecule has 0 bridgehead atoms. The van der Waals surface area contributed by atoms with Gasteiger partial charge in [-0.3, -0.25) is 14.5 Å². The summed E-state index contributed by atoms with van der Waals surface area (Å²) >= 11 is 4.04. The molecule has 0 aliphatic carbocycles. The van der Waals surface area contributed by atoms with Gasteiger partial charge in [-0.15, -0.1) is 0 Å². The first-order valence-electron chi connectivity index (χ1n) is 8.09.